The van der Waals surface area contributed by atoms with E-state index in [1.165, 1.54) is 128 Å². The van der Waals surface area contributed by atoms with Gasteiger partial charge in [0.2, 0.25) is 0 Å². The molecule has 2 saturated carbocycles. The molecule has 0 radical (unpaired) electrons. The van der Waals surface area contributed by atoms with E-state index < -0.39 is 0 Å². The van der Waals surface area contributed by atoms with Crippen molar-refractivity contribution < 1.29 is 0 Å². The van der Waals surface area contributed by atoms with Crippen LogP contribution < -0.4 is 0 Å². The van der Waals surface area contributed by atoms with Crippen LogP contribution in [0.1, 0.15) is 135 Å². The van der Waals surface area contributed by atoms with E-state index in [0.29, 0.717) is 0 Å². The molecule has 0 atom stereocenters. The predicted octanol–water partition coefficient (Wildman–Crippen LogP) is 8.58. The lowest BCUT2D eigenvalue weighted by atomic mass is 9.64. The van der Waals surface area contributed by atoms with Crippen molar-refractivity contribution >= 4 is 0 Å². The van der Waals surface area contributed by atoms with E-state index in [9.17, 15) is 5.26 Å². The Morgan fingerprint density at radius 2 is 1.19 bits per heavy atom. The topological polar surface area (TPSA) is 23.8 Å². The summed E-state index contributed by atoms with van der Waals surface area (Å²) in [7, 11) is 0. The van der Waals surface area contributed by atoms with Gasteiger partial charge in [0.1, 0.15) is 0 Å². The van der Waals surface area contributed by atoms with Crippen molar-refractivity contribution in [1.29, 1.82) is 5.26 Å². The van der Waals surface area contributed by atoms with Gasteiger partial charge < -0.3 is 0 Å². The molecule has 0 aromatic heterocycles. The largest absolute Gasteiger partial charge is 0.198 e. The molecule has 0 amide bonds. The Morgan fingerprint density at radius 1 is 0.692 bits per heavy atom. The first kappa shape index (κ1) is 21.8. The summed E-state index contributed by atoms with van der Waals surface area (Å²) >= 11 is 0. The van der Waals surface area contributed by atoms with Crippen LogP contribution in [0.15, 0.2) is 0 Å². The Balaban J connectivity index is 1.53. The highest BCUT2D eigenvalue weighted by Gasteiger charge is 2.37. The molecule has 150 valence electrons. The Morgan fingerprint density at radius 3 is 1.73 bits per heavy atom. The summed E-state index contributed by atoms with van der Waals surface area (Å²) in [6.07, 6.45) is 27.5. The van der Waals surface area contributed by atoms with Crippen LogP contribution in [0.3, 0.4) is 0 Å². The van der Waals surface area contributed by atoms with Crippen LogP contribution in [-0.2, 0) is 0 Å². The van der Waals surface area contributed by atoms with Crippen LogP contribution in [-0.4, -0.2) is 0 Å². The number of hydrogen-bond acceptors (Lipinski definition) is 1. The minimum Gasteiger partial charge on any atom is -0.198 e. The molecule has 0 N–H and O–H groups in total. The second-order valence-electron chi connectivity index (χ2n) is 9.56. The molecule has 0 aromatic carbocycles. The first-order valence-electron chi connectivity index (χ1n) is 12.2. The van der Waals surface area contributed by atoms with E-state index >= 15 is 0 Å². The van der Waals surface area contributed by atoms with Crippen LogP contribution in [0, 0.1) is 28.6 Å². The SMILES string of the molecule is CCCCCCCCCCCCC1(C#N)CCC(C2CCCCC2)CC1. The maximum absolute atomic E-state index is 9.83. The lowest BCUT2D eigenvalue weighted by molar-refractivity contribution is 0.129. The summed E-state index contributed by atoms with van der Waals surface area (Å²) in [5.74, 6) is 1.95. The zero-order valence-corrected chi connectivity index (χ0v) is 17.7. The normalized spacial score (nSPS) is 27.3. The molecule has 0 heterocycles. The highest BCUT2D eigenvalue weighted by Crippen LogP contribution is 2.46. The van der Waals surface area contributed by atoms with Gasteiger partial charge in [0.25, 0.3) is 0 Å². The second-order valence-corrected chi connectivity index (χ2v) is 9.56. The number of nitriles is 1. The van der Waals surface area contributed by atoms with Gasteiger partial charge in [-0.1, -0.05) is 103 Å². The van der Waals surface area contributed by atoms with Crippen LogP contribution >= 0.6 is 0 Å². The maximum atomic E-state index is 9.83. The van der Waals surface area contributed by atoms with Crippen LogP contribution in [0.5, 0.6) is 0 Å². The number of hydrogen-bond donors (Lipinski definition) is 0. The average molecular weight is 360 g/mol. The number of rotatable bonds is 12. The molecule has 2 aliphatic rings. The van der Waals surface area contributed by atoms with Crippen molar-refractivity contribution in [1.82, 2.24) is 0 Å². The molecule has 1 heteroatoms. The van der Waals surface area contributed by atoms with E-state index in [1.807, 2.05) is 0 Å². The lowest BCUT2D eigenvalue weighted by Crippen LogP contribution is -2.30. The molecule has 0 saturated heterocycles. The van der Waals surface area contributed by atoms with Crippen molar-refractivity contribution in [2.24, 2.45) is 17.3 Å². The molecule has 26 heavy (non-hydrogen) atoms. The van der Waals surface area contributed by atoms with E-state index in [1.54, 1.807) is 0 Å². The molecule has 0 unspecified atom stereocenters. The van der Waals surface area contributed by atoms with Gasteiger partial charge >= 0.3 is 0 Å². The molecule has 2 aliphatic carbocycles. The summed E-state index contributed by atoms with van der Waals surface area (Å²) in [5, 5.41) is 9.83. The summed E-state index contributed by atoms with van der Waals surface area (Å²) in [4.78, 5) is 0. The van der Waals surface area contributed by atoms with Crippen molar-refractivity contribution in [3.05, 3.63) is 0 Å². The number of nitrogens with zero attached hydrogens (tertiary/aromatic N) is 1. The maximum Gasteiger partial charge on any atom is 0.0689 e. The minimum absolute atomic E-state index is 0.0469. The monoisotopic (exact) mass is 359 g/mol. The summed E-state index contributed by atoms with van der Waals surface area (Å²) in [6.45, 7) is 2.29. The van der Waals surface area contributed by atoms with Crippen molar-refractivity contribution in [3.8, 4) is 6.07 Å². The number of unbranched alkanes of at least 4 members (excludes halogenated alkanes) is 9. The van der Waals surface area contributed by atoms with Crippen LogP contribution in [0.2, 0.25) is 0 Å². The van der Waals surface area contributed by atoms with Crippen molar-refractivity contribution in [2.45, 2.75) is 135 Å². The zero-order valence-electron chi connectivity index (χ0n) is 17.7. The Kier molecular flexibility index (Phi) is 10.7. The Bertz CT molecular complexity index is 379. The van der Waals surface area contributed by atoms with Gasteiger partial charge in [0.05, 0.1) is 11.5 Å². The van der Waals surface area contributed by atoms with Crippen molar-refractivity contribution in [2.75, 3.05) is 0 Å². The molecule has 2 rings (SSSR count). The van der Waals surface area contributed by atoms with Gasteiger partial charge in [-0.3, -0.25) is 0 Å². The average Bonchev–Trinajstić information content (AvgIpc) is 2.70. The summed E-state index contributed by atoms with van der Waals surface area (Å²) in [6, 6.07) is 2.77. The predicted molar refractivity (Wildman–Crippen MR) is 113 cm³/mol. The van der Waals surface area contributed by atoms with E-state index in [4.69, 9.17) is 0 Å². The molecule has 2 fully saturated rings. The third kappa shape index (κ3) is 7.62. The Hall–Kier alpha value is -0.510. The molecule has 1 nitrogen and oxygen atoms in total. The highest BCUT2D eigenvalue weighted by molar-refractivity contribution is 5.02. The van der Waals surface area contributed by atoms with E-state index in [0.717, 1.165) is 11.8 Å². The van der Waals surface area contributed by atoms with Gasteiger partial charge in [0, 0.05) is 0 Å². The summed E-state index contributed by atoms with van der Waals surface area (Å²) < 4.78 is 0. The third-order valence-electron chi connectivity index (χ3n) is 7.55. The van der Waals surface area contributed by atoms with E-state index in [-0.39, 0.29) is 5.41 Å². The first-order valence-corrected chi connectivity index (χ1v) is 12.2. The van der Waals surface area contributed by atoms with Gasteiger partial charge in [-0.15, -0.1) is 0 Å². The Labute approximate surface area is 164 Å². The minimum atomic E-state index is 0.0469. The smallest absolute Gasteiger partial charge is 0.0689 e. The quantitative estimate of drug-likeness (QED) is 0.320. The molecular formula is C25H45N. The molecule has 0 aromatic rings. The lowest BCUT2D eigenvalue weighted by Gasteiger charge is -2.39. The fourth-order valence-corrected chi connectivity index (χ4v) is 5.64. The van der Waals surface area contributed by atoms with Crippen molar-refractivity contribution in [3.63, 3.8) is 0 Å². The molecular weight excluding hydrogens is 314 g/mol. The standard InChI is InChI=1S/C25H45N/c1-2-3-4-5-6-7-8-9-10-14-19-25(22-26)20-17-24(18-21-25)23-15-12-11-13-16-23/h23-24H,2-21H2,1H3. The summed E-state index contributed by atoms with van der Waals surface area (Å²) in [5.41, 5.74) is 0.0469. The second kappa shape index (κ2) is 12.8. The molecule has 0 bridgehead atoms. The van der Waals surface area contributed by atoms with Gasteiger partial charge in [-0.05, 0) is 43.9 Å². The molecule has 0 spiro atoms. The van der Waals surface area contributed by atoms with Gasteiger partial charge in [0.15, 0.2) is 0 Å². The third-order valence-corrected chi connectivity index (χ3v) is 7.55. The molecule has 0 aliphatic heterocycles. The van der Waals surface area contributed by atoms with Gasteiger partial charge in [-0.2, -0.15) is 5.26 Å². The highest BCUT2D eigenvalue weighted by atomic mass is 14.4. The van der Waals surface area contributed by atoms with Crippen LogP contribution in [0.25, 0.3) is 0 Å². The fourth-order valence-electron chi connectivity index (χ4n) is 5.64. The fraction of sp³-hybridized carbons (Fsp3) is 0.960. The first-order chi connectivity index (χ1) is 12.8. The zero-order chi connectivity index (χ0) is 18.5. The van der Waals surface area contributed by atoms with E-state index in [2.05, 4.69) is 13.0 Å². The van der Waals surface area contributed by atoms with Gasteiger partial charge in [-0.25, -0.2) is 0 Å². The van der Waals surface area contributed by atoms with Crippen LogP contribution in [0.4, 0.5) is 0 Å².